The number of nitrogens with two attached hydrogens (primary N) is 1. The van der Waals surface area contributed by atoms with E-state index in [1.165, 1.54) is 5.56 Å². The molecule has 0 aliphatic carbocycles. The van der Waals surface area contributed by atoms with Crippen LogP contribution in [0, 0.1) is 0 Å². The molecular formula is C13H16N2O. The van der Waals surface area contributed by atoms with Gasteiger partial charge in [0.15, 0.2) is 0 Å². The van der Waals surface area contributed by atoms with Gasteiger partial charge in [0.2, 0.25) is 0 Å². The van der Waals surface area contributed by atoms with Crippen molar-refractivity contribution in [2.75, 3.05) is 0 Å². The van der Waals surface area contributed by atoms with Gasteiger partial charge in [0.1, 0.15) is 0 Å². The fraction of sp³-hybridized carbons (Fsp3) is 0.231. The third-order valence-corrected chi connectivity index (χ3v) is 2.76. The van der Waals surface area contributed by atoms with Crippen LogP contribution in [-0.4, -0.2) is 0 Å². The Labute approximate surface area is 95.2 Å². The Balaban J connectivity index is 2.27. The van der Waals surface area contributed by atoms with Crippen LogP contribution in [0.3, 0.4) is 0 Å². The molecule has 3 heteroatoms. The number of benzene rings is 1. The van der Waals surface area contributed by atoms with Gasteiger partial charge in [-0.2, -0.15) is 0 Å². The number of nitrogens with one attached hydrogen (secondary N) is 1. The molecule has 1 unspecified atom stereocenters. The lowest BCUT2D eigenvalue weighted by molar-refractivity contribution is 0.553. The van der Waals surface area contributed by atoms with Crippen LogP contribution in [-0.2, 0) is 6.42 Å². The van der Waals surface area contributed by atoms with Gasteiger partial charge < -0.3 is 4.42 Å². The second-order valence-corrected chi connectivity index (χ2v) is 3.75. The monoisotopic (exact) mass is 216 g/mol. The van der Waals surface area contributed by atoms with Crippen LogP contribution in [0.1, 0.15) is 29.7 Å². The standard InChI is InChI=1S/C13H16N2O/c1-2-10-3-5-11(6-4-10)13(15-14)12-7-8-16-9-12/h3-9,13,15H,2,14H2,1H3. The number of aryl methyl sites for hydroxylation is 1. The van der Waals surface area contributed by atoms with E-state index in [4.69, 9.17) is 10.3 Å². The van der Waals surface area contributed by atoms with E-state index >= 15 is 0 Å². The van der Waals surface area contributed by atoms with E-state index in [1.54, 1.807) is 12.5 Å². The first-order chi connectivity index (χ1) is 7.85. The van der Waals surface area contributed by atoms with Gasteiger partial charge in [0.05, 0.1) is 18.6 Å². The van der Waals surface area contributed by atoms with E-state index in [-0.39, 0.29) is 6.04 Å². The maximum absolute atomic E-state index is 5.57. The first kappa shape index (κ1) is 10.9. The van der Waals surface area contributed by atoms with E-state index in [1.807, 2.05) is 6.07 Å². The summed E-state index contributed by atoms with van der Waals surface area (Å²) in [5.74, 6) is 5.57. The van der Waals surface area contributed by atoms with Crippen molar-refractivity contribution < 1.29 is 4.42 Å². The molecule has 1 heterocycles. The van der Waals surface area contributed by atoms with Crippen molar-refractivity contribution in [2.24, 2.45) is 5.84 Å². The second kappa shape index (κ2) is 4.96. The zero-order valence-corrected chi connectivity index (χ0v) is 9.31. The molecule has 0 bridgehead atoms. The molecule has 0 amide bonds. The maximum Gasteiger partial charge on any atom is 0.0954 e. The normalized spacial score (nSPS) is 12.6. The first-order valence-electron chi connectivity index (χ1n) is 5.42. The van der Waals surface area contributed by atoms with Crippen LogP contribution in [0.15, 0.2) is 47.3 Å². The smallest absolute Gasteiger partial charge is 0.0954 e. The molecule has 2 aromatic rings. The fourth-order valence-corrected chi connectivity index (χ4v) is 1.77. The Morgan fingerprint density at radius 2 is 1.94 bits per heavy atom. The summed E-state index contributed by atoms with van der Waals surface area (Å²) >= 11 is 0. The molecule has 0 saturated carbocycles. The average Bonchev–Trinajstić information content (AvgIpc) is 2.85. The quantitative estimate of drug-likeness (QED) is 0.609. The lowest BCUT2D eigenvalue weighted by Gasteiger charge is -2.14. The predicted octanol–water partition coefficient (Wildman–Crippen LogP) is 2.39. The summed E-state index contributed by atoms with van der Waals surface area (Å²) in [6.07, 6.45) is 4.41. The molecule has 0 radical (unpaired) electrons. The third-order valence-electron chi connectivity index (χ3n) is 2.76. The highest BCUT2D eigenvalue weighted by Crippen LogP contribution is 2.21. The summed E-state index contributed by atoms with van der Waals surface area (Å²) in [4.78, 5) is 0. The van der Waals surface area contributed by atoms with Crippen LogP contribution < -0.4 is 11.3 Å². The molecule has 1 atom stereocenters. The van der Waals surface area contributed by atoms with Gasteiger partial charge in [-0.3, -0.25) is 5.84 Å². The summed E-state index contributed by atoms with van der Waals surface area (Å²) in [7, 11) is 0. The Morgan fingerprint density at radius 3 is 2.44 bits per heavy atom. The summed E-state index contributed by atoms with van der Waals surface area (Å²) in [6, 6.07) is 10.3. The number of hydrogen-bond donors (Lipinski definition) is 2. The molecule has 0 aliphatic rings. The summed E-state index contributed by atoms with van der Waals surface area (Å²) in [5, 5.41) is 0. The van der Waals surface area contributed by atoms with E-state index in [0.717, 1.165) is 17.5 Å². The van der Waals surface area contributed by atoms with Crippen LogP contribution in [0.5, 0.6) is 0 Å². The molecule has 0 saturated heterocycles. The number of rotatable bonds is 4. The fourth-order valence-electron chi connectivity index (χ4n) is 1.77. The minimum Gasteiger partial charge on any atom is -0.472 e. The maximum atomic E-state index is 5.57. The second-order valence-electron chi connectivity index (χ2n) is 3.75. The topological polar surface area (TPSA) is 51.2 Å². The molecule has 84 valence electrons. The molecule has 3 N–H and O–H groups in total. The first-order valence-corrected chi connectivity index (χ1v) is 5.42. The Kier molecular flexibility index (Phi) is 3.39. The lowest BCUT2D eigenvalue weighted by Crippen LogP contribution is -2.28. The number of hydrazine groups is 1. The number of hydrogen-bond acceptors (Lipinski definition) is 3. The van der Waals surface area contributed by atoms with Gasteiger partial charge in [-0.1, -0.05) is 31.2 Å². The van der Waals surface area contributed by atoms with Gasteiger partial charge >= 0.3 is 0 Å². The molecule has 1 aromatic carbocycles. The van der Waals surface area contributed by atoms with Gasteiger partial charge in [0.25, 0.3) is 0 Å². The van der Waals surface area contributed by atoms with Crippen LogP contribution >= 0.6 is 0 Å². The molecular weight excluding hydrogens is 200 g/mol. The SMILES string of the molecule is CCc1ccc(C(NN)c2ccoc2)cc1. The van der Waals surface area contributed by atoms with Gasteiger partial charge in [0, 0.05) is 5.56 Å². The molecule has 2 rings (SSSR count). The summed E-state index contributed by atoms with van der Waals surface area (Å²) in [5.41, 5.74) is 6.30. The van der Waals surface area contributed by atoms with Crippen molar-refractivity contribution >= 4 is 0 Å². The van der Waals surface area contributed by atoms with Crippen LogP contribution in [0.4, 0.5) is 0 Å². The molecule has 0 aliphatic heterocycles. The Hall–Kier alpha value is -1.58. The van der Waals surface area contributed by atoms with E-state index in [9.17, 15) is 0 Å². The van der Waals surface area contributed by atoms with Crippen molar-refractivity contribution in [3.05, 3.63) is 59.5 Å². The predicted molar refractivity (Wildman–Crippen MR) is 63.7 cm³/mol. The van der Waals surface area contributed by atoms with Crippen molar-refractivity contribution in [3.8, 4) is 0 Å². The summed E-state index contributed by atoms with van der Waals surface area (Å²) < 4.78 is 5.07. The Bertz CT molecular complexity index is 420. The van der Waals surface area contributed by atoms with E-state index in [0.29, 0.717) is 0 Å². The molecule has 3 nitrogen and oxygen atoms in total. The minimum atomic E-state index is -0.00958. The van der Waals surface area contributed by atoms with Crippen LogP contribution in [0.25, 0.3) is 0 Å². The van der Waals surface area contributed by atoms with Crippen molar-refractivity contribution in [1.82, 2.24) is 5.43 Å². The summed E-state index contributed by atoms with van der Waals surface area (Å²) in [6.45, 7) is 2.14. The molecule has 1 aromatic heterocycles. The van der Waals surface area contributed by atoms with E-state index < -0.39 is 0 Å². The van der Waals surface area contributed by atoms with Crippen molar-refractivity contribution in [3.63, 3.8) is 0 Å². The highest BCUT2D eigenvalue weighted by Gasteiger charge is 2.12. The molecule has 0 fully saturated rings. The molecule has 16 heavy (non-hydrogen) atoms. The number of furan rings is 1. The largest absolute Gasteiger partial charge is 0.472 e. The Morgan fingerprint density at radius 1 is 1.19 bits per heavy atom. The molecule has 0 spiro atoms. The van der Waals surface area contributed by atoms with Crippen molar-refractivity contribution in [2.45, 2.75) is 19.4 Å². The highest BCUT2D eigenvalue weighted by atomic mass is 16.3. The highest BCUT2D eigenvalue weighted by molar-refractivity contribution is 5.31. The van der Waals surface area contributed by atoms with E-state index in [2.05, 4.69) is 36.6 Å². The zero-order chi connectivity index (χ0) is 11.4. The van der Waals surface area contributed by atoms with Gasteiger partial charge in [-0.15, -0.1) is 0 Å². The average molecular weight is 216 g/mol. The minimum absolute atomic E-state index is 0.00958. The lowest BCUT2D eigenvalue weighted by atomic mass is 10.00. The van der Waals surface area contributed by atoms with Gasteiger partial charge in [-0.25, -0.2) is 5.43 Å². The van der Waals surface area contributed by atoms with Crippen molar-refractivity contribution in [1.29, 1.82) is 0 Å². The van der Waals surface area contributed by atoms with Gasteiger partial charge in [-0.05, 0) is 23.6 Å². The van der Waals surface area contributed by atoms with Crippen LogP contribution in [0.2, 0.25) is 0 Å². The third kappa shape index (κ3) is 2.15. The zero-order valence-electron chi connectivity index (χ0n) is 9.31.